The summed E-state index contributed by atoms with van der Waals surface area (Å²) in [5, 5.41) is 4.22. The highest BCUT2D eigenvalue weighted by molar-refractivity contribution is 7.71. The molecule has 0 unspecified atom stereocenters. The van der Waals surface area contributed by atoms with E-state index < -0.39 is 12.8 Å². The molecule has 0 fully saturated rings. The Bertz CT molecular complexity index is 640. The van der Waals surface area contributed by atoms with Crippen molar-refractivity contribution in [2.75, 3.05) is 13.2 Å². The number of alkyl halides is 3. The van der Waals surface area contributed by atoms with E-state index in [0.717, 1.165) is 16.9 Å². The van der Waals surface area contributed by atoms with E-state index in [1.165, 1.54) is 0 Å². The van der Waals surface area contributed by atoms with Crippen LogP contribution >= 0.6 is 12.2 Å². The van der Waals surface area contributed by atoms with Crippen molar-refractivity contribution >= 4 is 23.4 Å². The number of ether oxygens (including phenoxy) is 1. The van der Waals surface area contributed by atoms with Crippen LogP contribution in [-0.2, 0) is 18.3 Å². The number of aromatic amines is 1. The third-order valence-electron chi connectivity index (χ3n) is 2.65. The minimum Gasteiger partial charge on any atom is -0.370 e. The maximum Gasteiger partial charge on any atom is 0.411 e. The molecule has 0 amide bonds. The fourth-order valence-corrected chi connectivity index (χ4v) is 2.20. The molecule has 0 saturated heterocycles. The van der Waals surface area contributed by atoms with E-state index in [0.29, 0.717) is 4.77 Å². The summed E-state index contributed by atoms with van der Waals surface area (Å²) in [6, 6.07) is 0. The molecule has 2 aromatic heterocycles. The average molecular weight is 294 g/mol. The first-order chi connectivity index (χ1) is 8.79. The highest BCUT2D eigenvalue weighted by atomic mass is 32.1. The summed E-state index contributed by atoms with van der Waals surface area (Å²) in [7, 11) is 1.75. The predicted molar refractivity (Wildman–Crippen MR) is 65.5 cm³/mol. The number of nitrogens with one attached hydrogen (secondary N) is 1. The molecule has 0 radical (unpaired) electrons. The summed E-state index contributed by atoms with van der Waals surface area (Å²) in [6.45, 7) is 0.759. The average Bonchev–Trinajstić information content (AvgIpc) is 2.73. The number of imidazole rings is 1. The van der Waals surface area contributed by atoms with Crippen LogP contribution in [-0.4, -0.2) is 38.7 Å². The van der Waals surface area contributed by atoms with Crippen molar-refractivity contribution in [1.29, 1.82) is 0 Å². The van der Waals surface area contributed by atoms with Crippen molar-refractivity contribution in [3.05, 3.63) is 10.5 Å². The maximum atomic E-state index is 11.9. The van der Waals surface area contributed by atoms with Crippen molar-refractivity contribution in [2.24, 2.45) is 7.05 Å². The molecule has 2 rings (SSSR count). The summed E-state index contributed by atoms with van der Waals surface area (Å²) >= 11 is 5.14. The first kappa shape index (κ1) is 14.1. The Kier molecular flexibility index (Phi) is 3.68. The molecule has 1 N–H and O–H groups in total. The lowest BCUT2D eigenvalue weighted by Crippen LogP contribution is -2.19. The summed E-state index contributed by atoms with van der Waals surface area (Å²) in [5.74, 6) is 0. The van der Waals surface area contributed by atoms with Gasteiger partial charge >= 0.3 is 6.18 Å². The number of rotatable bonds is 4. The fraction of sp³-hybridized carbons (Fsp3) is 0.600. The van der Waals surface area contributed by atoms with Gasteiger partial charge in [0.2, 0.25) is 0 Å². The lowest BCUT2D eigenvalue weighted by atomic mass is 10.4. The molecule has 0 aromatic carbocycles. The Balaban J connectivity index is 2.13. The molecule has 2 aromatic rings. The van der Waals surface area contributed by atoms with Crippen LogP contribution in [0.25, 0.3) is 11.2 Å². The number of H-pyrrole nitrogens is 1. The topological polar surface area (TPSA) is 47.8 Å². The zero-order valence-corrected chi connectivity index (χ0v) is 11.2. The number of nitrogens with zero attached hydrogens (tertiary/aromatic N) is 3. The Morgan fingerprint density at radius 2 is 2.11 bits per heavy atom. The van der Waals surface area contributed by atoms with Crippen molar-refractivity contribution in [2.45, 2.75) is 19.6 Å². The largest absolute Gasteiger partial charge is 0.411 e. The van der Waals surface area contributed by atoms with Crippen molar-refractivity contribution in [1.82, 2.24) is 19.3 Å². The highest BCUT2D eigenvalue weighted by Gasteiger charge is 2.27. The predicted octanol–water partition coefficient (Wildman–Crippen LogP) is 2.32. The van der Waals surface area contributed by atoms with E-state index in [1.807, 2.05) is 6.92 Å². The number of halogens is 3. The van der Waals surface area contributed by atoms with Crippen LogP contribution in [0, 0.1) is 11.7 Å². The quantitative estimate of drug-likeness (QED) is 0.695. The molecule has 0 saturated carbocycles. The monoisotopic (exact) mass is 294 g/mol. The minimum atomic E-state index is -4.31. The van der Waals surface area contributed by atoms with Crippen LogP contribution in [0.5, 0.6) is 0 Å². The third kappa shape index (κ3) is 2.98. The van der Waals surface area contributed by atoms with E-state index in [4.69, 9.17) is 12.2 Å². The van der Waals surface area contributed by atoms with E-state index in [1.54, 1.807) is 16.3 Å². The van der Waals surface area contributed by atoms with E-state index in [2.05, 4.69) is 14.8 Å². The van der Waals surface area contributed by atoms with Crippen LogP contribution in [0.1, 0.15) is 5.69 Å². The van der Waals surface area contributed by atoms with Crippen molar-refractivity contribution in [3.8, 4) is 0 Å². The van der Waals surface area contributed by atoms with Gasteiger partial charge in [0.1, 0.15) is 12.1 Å². The standard InChI is InChI=1S/C10H13F3N4OS/c1-6-7-8(16(2)15-6)17(9(19)14-7)3-4-18-5-10(11,12)13/h3-5H2,1-2H3,(H,14,19). The van der Waals surface area contributed by atoms with Crippen LogP contribution in [0.3, 0.4) is 0 Å². The van der Waals surface area contributed by atoms with Gasteiger partial charge in [-0.15, -0.1) is 0 Å². The van der Waals surface area contributed by atoms with Gasteiger partial charge in [0.25, 0.3) is 0 Å². The van der Waals surface area contributed by atoms with Gasteiger partial charge in [0.05, 0.1) is 18.8 Å². The molecular weight excluding hydrogens is 281 g/mol. The lowest BCUT2D eigenvalue weighted by Gasteiger charge is -2.08. The van der Waals surface area contributed by atoms with E-state index in [9.17, 15) is 13.2 Å². The summed E-state index contributed by atoms with van der Waals surface area (Å²) < 4.78 is 44.2. The Labute approximate surface area is 112 Å². The van der Waals surface area contributed by atoms with Crippen molar-refractivity contribution in [3.63, 3.8) is 0 Å². The molecule has 0 aliphatic carbocycles. The van der Waals surface area contributed by atoms with Gasteiger partial charge in [-0.3, -0.25) is 9.25 Å². The second-order valence-corrected chi connectivity index (χ2v) is 4.54. The van der Waals surface area contributed by atoms with Gasteiger partial charge in [-0.25, -0.2) is 0 Å². The molecule has 2 heterocycles. The minimum absolute atomic E-state index is 0.0645. The second-order valence-electron chi connectivity index (χ2n) is 4.16. The normalized spacial score (nSPS) is 12.5. The number of aryl methyl sites for hydroxylation is 2. The maximum absolute atomic E-state index is 11.9. The summed E-state index contributed by atoms with van der Waals surface area (Å²) in [5.41, 5.74) is 2.33. The van der Waals surface area contributed by atoms with Gasteiger partial charge in [0, 0.05) is 7.05 Å². The number of hydrogen-bond acceptors (Lipinski definition) is 3. The van der Waals surface area contributed by atoms with Gasteiger partial charge in [0.15, 0.2) is 10.4 Å². The molecule has 0 aliphatic heterocycles. The Morgan fingerprint density at radius 1 is 1.42 bits per heavy atom. The number of hydrogen-bond donors (Lipinski definition) is 1. The lowest BCUT2D eigenvalue weighted by molar-refractivity contribution is -0.174. The van der Waals surface area contributed by atoms with Gasteiger partial charge in [-0.05, 0) is 19.1 Å². The summed E-state index contributed by atoms with van der Waals surface area (Å²) in [4.78, 5) is 2.99. The van der Waals surface area contributed by atoms with Gasteiger partial charge < -0.3 is 9.72 Å². The SMILES string of the molecule is Cc1nn(C)c2c1[nH]c(=S)n2CCOCC(F)(F)F. The first-order valence-corrected chi connectivity index (χ1v) is 5.97. The number of fused-ring (bicyclic) bond motifs is 1. The van der Waals surface area contributed by atoms with Crippen LogP contribution in [0.15, 0.2) is 0 Å². The molecule has 0 atom stereocenters. The molecule has 0 aliphatic rings. The first-order valence-electron chi connectivity index (χ1n) is 5.56. The molecule has 9 heteroatoms. The van der Waals surface area contributed by atoms with Gasteiger partial charge in [-0.1, -0.05) is 0 Å². The van der Waals surface area contributed by atoms with Crippen LogP contribution in [0.4, 0.5) is 13.2 Å². The highest BCUT2D eigenvalue weighted by Crippen LogP contribution is 2.17. The van der Waals surface area contributed by atoms with E-state index in [-0.39, 0.29) is 13.2 Å². The third-order valence-corrected chi connectivity index (χ3v) is 2.97. The van der Waals surface area contributed by atoms with Gasteiger partial charge in [-0.2, -0.15) is 18.3 Å². The number of aromatic nitrogens is 4. The molecule has 5 nitrogen and oxygen atoms in total. The molecule has 19 heavy (non-hydrogen) atoms. The smallest absolute Gasteiger partial charge is 0.370 e. The molecule has 106 valence electrons. The Hall–Kier alpha value is -1.35. The van der Waals surface area contributed by atoms with Crippen LogP contribution < -0.4 is 0 Å². The summed E-state index contributed by atoms with van der Waals surface area (Å²) in [6.07, 6.45) is -4.31. The Morgan fingerprint density at radius 3 is 2.74 bits per heavy atom. The van der Waals surface area contributed by atoms with E-state index >= 15 is 0 Å². The molecular formula is C10H13F3N4OS. The van der Waals surface area contributed by atoms with Crippen molar-refractivity contribution < 1.29 is 17.9 Å². The fourth-order valence-electron chi connectivity index (χ4n) is 1.92. The zero-order valence-electron chi connectivity index (χ0n) is 10.4. The zero-order chi connectivity index (χ0) is 14.2. The second kappa shape index (κ2) is 4.97. The molecule has 0 bridgehead atoms. The molecule has 0 spiro atoms. The van der Waals surface area contributed by atoms with Crippen LogP contribution in [0.2, 0.25) is 0 Å².